The molecule has 1 unspecified atom stereocenters. The zero-order chi connectivity index (χ0) is 14.9. The van der Waals surface area contributed by atoms with Crippen LogP contribution in [0.15, 0.2) is 23.1 Å². The van der Waals surface area contributed by atoms with Gasteiger partial charge in [0.1, 0.15) is 4.90 Å². The van der Waals surface area contributed by atoms with Crippen LogP contribution in [0.4, 0.5) is 0 Å². The highest BCUT2D eigenvalue weighted by Gasteiger charge is 2.24. The Morgan fingerprint density at radius 3 is 2.70 bits per heavy atom. The summed E-state index contributed by atoms with van der Waals surface area (Å²) in [6, 6.07) is 4.11. The number of carbonyl (C=O) groups excluding carboxylic acids is 1. The molecule has 0 aliphatic heterocycles. The number of rotatable bonds is 5. The molecule has 1 aliphatic rings. The van der Waals surface area contributed by atoms with Gasteiger partial charge in [-0.2, -0.15) is 0 Å². The Morgan fingerprint density at radius 1 is 1.50 bits per heavy atom. The van der Waals surface area contributed by atoms with Gasteiger partial charge in [-0.15, -0.1) is 0 Å². The maximum Gasteiger partial charge on any atom is 0.251 e. The smallest absolute Gasteiger partial charge is 0.251 e. The molecule has 1 aromatic rings. The molecule has 1 atom stereocenters. The van der Waals surface area contributed by atoms with Gasteiger partial charge in [0.2, 0.25) is 10.0 Å². The molecule has 0 aromatic heterocycles. The zero-order valence-electron chi connectivity index (χ0n) is 11.1. The number of nitrogens with one attached hydrogen (secondary N) is 1. The van der Waals surface area contributed by atoms with Crippen molar-refractivity contribution in [3.8, 4) is 0 Å². The maximum atomic E-state index is 12.1. The fraction of sp³-hybridized carbons (Fsp3) is 0.462. The SMILES string of the molecule is CC(CC1CC1)NC(=O)c1ccc(Cl)c(S(N)(=O)=O)c1. The third-order valence-electron chi connectivity index (χ3n) is 3.26. The van der Waals surface area contributed by atoms with Crippen LogP contribution >= 0.6 is 11.6 Å². The Hall–Kier alpha value is -1.11. The molecule has 110 valence electrons. The Balaban J connectivity index is 2.13. The van der Waals surface area contributed by atoms with Crippen LogP contribution in [0.25, 0.3) is 0 Å². The molecule has 7 heteroatoms. The van der Waals surface area contributed by atoms with Gasteiger partial charge in [0.15, 0.2) is 0 Å². The third-order valence-corrected chi connectivity index (χ3v) is 4.65. The van der Waals surface area contributed by atoms with Crippen molar-refractivity contribution < 1.29 is 13.2 Å². The van der Waals surface area contributed by atoms with Gasteiger partial charge in [-0.25, -0.2) is 13.6 Å². The summed E-state index contributed by atoms with van der Waals surface area (Å²) in [7, 11) is -3.94. The molecule has 5 nitrogen and oxygen atoms in total. The highest BCUT2D eigenvalue weighted by molar-refractivity contribution is 7.89. The summed E-state index contributed by atoms with van der Waals surface area (Å²) in [6.07, 6.45) is 3.38. The van der Waals surface area contributed by atoms with Gasteiger partial charge >= 0.3 is 0 Å². The van der Waals surface area contributed by atoms with E-state index >= 15 is 0 Å². The lowest BCUT2D eigenvalue weighted by atomic mass is 10.1. The second kappa shape index (κ2) is 5.71. The summed E-state index contributed by atoms with van der Waals surface area (Å²) in [5.74, 6) is 0.384. The molecule has 0 heterocycles. The van der Waals surface area contributed by atoms with Crippen LogP contribution in [0.3, 0.4) is 0 Å². The maximum absolute atomic E-state index is 12.1. The summed E-state index contributed by atoms with van der Waals surface area (Å²) in [4.78, 5) is 11.8. The highest BCUT2D eigenvalue weighted by atomic mass is 35.5. The molecular formula is C13H17ClN2O3S. The molecule has 0 bridgehead atoms. The van der Waals surface area contributed by atoms with E-state index in [0.717, 1.165) is 6.42 Å². The van der Waals surface area contributed by atoms with E-state index in [1.54, 1.807) is 0 Å². The van der Waals surface area contributed by atoms with Crippen LogP contribution in [0.1, 0.15) is 36.5 Å². The van der Waals surface area contributed by atoms with E-state index in [1.807, 2.05) is 6.92 Å². The van der Waals surface area contributed by atoms with Crippen LogP contribution in [-0.2, 0) is 10.0 Å². The van der Waals surface area contributed by atoms with Gasteiger partial charge in [0, 0.05) is 11.6 Å². The van der Waals surface area contributed by atoms with Crippen molar-refractivity contribution >= 4 is 27.5 Å². The Bertz CT molecular complexity index is 627. The van der Waals surface area contributed by atoms with Gasteiger partial charge in [0.25, 0.3) is 5.91 Å². The van der Waals surface area contributed by atoms with Crippen molar-refractivity contribution in [2.24, 2.45) is 11.1 Å². The van der Waals surface area contributed by atoms with Crippen molar-refractivity contribution in [2.75, 3.05) is 0 Å². The lowest BCUT2D eigenvalue weighted by Gasteiger charge is -2.14. The van der Waals surface area contributed by atoms with E-state index in [9.17, 15) is 13.2 Å². The first-order valence-electron chi connectivity index (χ1n) is 6.40. The Labute approximate surface area is 123 Å². The van der Waals surface area contributed by atoms with Crippen molar-refractivity contribution in [3.05, 3.63) is 28.8 Å². The van der Waals surface area contributed by atoms with E-state index in [2.05, 4.69) is 5.32 Å². The van der Waals surface area contributed by atoms with Gasteiger partial charge in [-0.3, -0.25) is 4.79 Å². The van der Waals surface area contributed by atoms with Crippen molar-refractivity contribution in [1.82, 2.24) is 5.32 Å². The van der Waals surface area contributed by atoms with Crippen LogP contribution in [0.2, 0.25) is 5.02 Å². The van der Waals surface area contributed by atoms with Crippen LogP contribution in [0, 0.1) is 5.92 Å². The number of halogens is 1. The molecule has 2 rings (SSSR count). The Morgan fingerprint density at radius 2 is 2.15 bits per heavy atom. The number of hydrogen-bond acceptors (Lipinski definition) is 3. The van der Waals surface area contributed by atoms with Gasteiger partial charge < -0.3 is 5.32 Å². The molecule has 1 amide bonds. The number of sulfonamides is 1. The molecule has 0 saturated heterocycles. The summed E-state index contributed by atoms with van der Waals surface area (Å²) >= 11 is 5.78. The number of nitrogens with two attached hydrogens (primary N) is 1. The first-order valence-corrected chi connectivity index (χ1v) is 8.33. The van der Waals surface area contributed by atoms with E-state index in [1.165, 1.54) is 31.0 Å². The molecule has 0 spiro atoms. The lowest BCUT2D eigenvalue weighted by Crippen LogP contribution is -2.33. The van der Waals surface area contributed by atoms with Crippen LogP contribution in [0.5, 0.6) is 0 Å². The van der Waals surface area contributed by atoms with E-state index in [0.29, 0.717) is 5.92 Å². The number of amides is 1. The number of benzene rings is 1. The summed E-state index contributed by atoms with van der Waals surface area (Å²) in [5, 5.41) is 7.92. The highest BCUT2D eigenvalue weighted by Crippen LogP contribution is 2.33. The predicted octanol–water partition coefficient (Wildman–Crippen LogP) is 1.91. The number of carbonyl (C=O) groups is 1. The average Bonchev–Trinajstić information content (AvgIpc) is 3.11. The van der Waals surface area contributed by atoms with Gasteiger partial charge in [-0.05, 0) is 37.5 Å². The van der Waals surface area contributed by atoms with Gasteiger partial charge in [0.05, 0.1) is 5.02 Å². The second-order valence-corrected chi connectivity index (χ2v) is 7.18. The minimum absolute atomic E-state index is 0.00933. The molecule has 1 aromatic carbocycles. The first-order chi connectivity index (χ1) is 9.27. The van der Waals surface area contributed by atoms with Gasteiger partial charge in [-0.1, -0.05) is 24.4 Å². The predicted molar refractivity (Wildman–Crippen MR) is 77.1 cm³/mol. The summed E-state index contributed by atoms with van der Waals surface area (Å²) in [6.45, 7) is 1.94. The fourth-order valence-corrected chi connectivity index (χ4v) is 3.15. The van der Waals surface area contributed by atoms with Crippen LogP contribution in [-0.4, -0.2) is 20.4 Å². The third kappa shape index (κ3) is 3.94. The second-order valence-electron chi connectivity index (χ2n) is 5.24. The minimum atomic E-state index is -3.94. The summed E-state index contributed by atoms with van der Waals surface area (Å²) in [5.41, 5.74) is 0.237. The molecule has 20 heavy (non-hydrogen) atoms. The molecule has 1 aliphatic carbocycles. The normalized spacial score (nSPS) is 16.8. The monoisotopic (exact) mass is 316 g/mol. The quantitative estimate of drug-likeness (QED) is 0.869. The van der Waals surface area contributed by atoms with Crippen LogP contribution < -0.4 is 10.5 Å². The molecular weight excluding hydrogens is 300 g/mol. The number of primary sulfonamides is 1. The first kappa shape index (κ1) is 15.3. The van der Waals surface area contributed by atoms with Crippen molar-refractivity contribution in [2.45, 2.75) is 37.1 Å². The minimum Gasteiger partial charge on any atom is -0.350 e. The summed E-state index contributed by atoms with van der Waals surface area (Å²) < 4.78 is 22.7. The zero-order valence-corrected chi connectivity index (χ0v) is 12.7. The van der Waals surface area contributed by atoms with Crippen molar-refractivity contribution in [1.29, 1.82) is 0 Å². The number of hydrogen-bond donors (Lipinski definition) is 2. The topological polar surface area (TPSA) is 89.3 Å². The molecule has 3 N–H and O–H groups in total. The molecule has 1 fully saturated rings. The lowest BCUT2D eigenvalue weighted by molar-refractivity contribution is 0.0937. The Kier molecular flexibility index (Phi) is 4.36. The van der Waals surface area contributed by atoms with E-state index in [-0.39, 0.29) is 27.4 Å². The fourth-order valence-electron chi connectivity index (χ4n) is 2.08. The largest absolute Gasteiger partial charge is 0.350 e. The van der Waals surface area contributed by atoms with E-state index < -0.39 is 10.0 Å². The molecule has 0 radical (unpaired) electrons. The van der Waals surface area contributed by atoms with E-state index in [4.69, 9.17) is 16.7 Å². The average molecular weight is 317 g/mol. The van der Waals surface area contributed by atoms with Crippen molar-refractivity contribution in [3.63, 3.8) is 0 Å². The standard InChI is InChI=1S/C13H17ClN2O3S/c1-8(6-9-2-3-9)16-13(17)10-4-5-11(14)12(7-10)20(15,18)19/h4-5,7-9H,2-3,6H2,1H3,(H,16,17)(H2,15,18,19). The molecule has 1 saturated carbocycles.